The summed E-state index contributed by atoms with van der Waals surface area (Å²) in [4.78, 5) is 21.3. The van der Waals surface area contributed by atoms with E-state index in [1.165, 1.54) is 5.69 Å². The van der Waals surface area contributed by atoms with Gasteiger partial charge in [-0.1, -0.05) is 18.2 Å². The molecule has 0 radical (unpaired) electrons. The lowest BCUT2D eigenvalue weighted by molar-refractivity contribution is 0.0906. The molecule has 2 aliphatic rings. The van der Waals surface area contributed by atoms with Crippen LogP contribution in [0, 0.1) is 0 Å². The molecule has 2 aromatic heterocycles. The molecule has 6 rings (SSSR count). The Morgan fingerprint density at radius 3 is 2.70 bits per heavy atom. The number of pyridine rings is 1. The molecular formula is C27H31N7O3. The highest BCUT2D eigenvalue weighted by Crippen LogP contribution is 2.30. The van der Waals surface area contributed by atoms with E-state index in [1.807, 2.05) is 35.0 Å². The second kappa shape index (κ2) is 10.3. The number of rotatable bonds is 7. The normalized spacial score (nSPS) is 19.4. The number of para-hydroxylation sites is 1. The summed E-state index contributed by atoms with van der Waals surface area (Å²) in [7, 11) is 1.62. The first-order valence-electron chi connectivity index (χ1n) is 12.8. The highest BCUT2D eigenvalue weighted by Gasteiger charge is 2.33. The Balaban J connectivity index is 1.37. The lowest BCUT2D eigenvalue weighted by atomic mass is 10.0. The van der Waals surface area contributed by atoms with Gasteiger partial charge < -0.3 is 19.4 Å². The first kappa shape index (κ1) is 23.6. The third kappa shape index (κ3) is 4.82. The molecule has 0 aliphatic carbocycles. The van der Waals surface area contributed by atoms with Gasteiger partial charge in [0, 0.05) is 50.1 Å². The van der Waals surface area contributed by atoms with Crippen molar-refractivity contribution in [3.05, 3.63) is 76.3 Å². The number of aromatic nitrogens is 5. The average molecular weight is 502 g/mol. The van der Waals surface area contributed by atoms with Gasteiger partial charge in [0.05, 0.1) is 25.3 Å². The van der Waals surface area contributed by atoms with Crippen LogP contribution in [-0.2, 0) is 11.3 Å². The molecule has 2 atom stereocenters. The van der Waals surface area contributed by atoms with Crippen molar-refractivity contribution in [2.75, 3.05) is 44.8 Å². The molecule has 0 bridgehead atoms. The van der Waals surface area contributed by atoms with Crippen molar-refractivity contribution < 1.29 is 9.47 Å². The van der Waals surface area contributed by atoms with Gasteiger partial charge >= 0.3 is 0 Å². The first-order chi connectivity index (χ1) is 18.2. The summed E-state index contributed by atoms with van der Waals surface area (Å²) in [6.45, 7) is 4.57. The van der Waals surface area contributed by atoms with Gasteiger partial charge in [-0.15, -0.1) is 5.10 Å². The van der Waals surface area contributed by atoms with Crippen molar-refractivity contribution in [2.45, 2.75) is 31.5 Å². The van der Waals surface area contributed by atoms with Crippen molar-refractivity contribution in [1.82, 2.24) is 30.1 Å². The molecule has 10 nitrogen and oxygen atoms in total. The molecule has 192 valence electrons. The number of benzene rings is 2. The van der Waals surface area contributed by atoms with E-state index >= 15 is 0 Å². The van der Waals surface area contributed by atoms with E-state index in [4.69, 9.17) is 9.47 Å². The van der Waals surface area contributed by atoms with Gasteiger partial charge in [-0.3, -0.25) is 9.69 Å². The number of fused-ring (bicyclic) bond motifs is 1. The number of nitrogens with one attached hydrogen (secondary N) is 1. The van der Waals surface area contributed by atoms with Gasteiger partial charge in [0.25, 0.3) is 5.56 Å². The molecular weight excluding hydrogens is 470 g/mol. The van der Waals surface area contributed by atoms with Crippen LogP contribution in [-0.4, -0.2) is 76.1 Å². The Kier molecular flexibility index (Phi) is 6.58. The molecule has 37 heavy (non-hydrogen) atoms. The van der Waals surface area contributed by atoms with E-state index in [1.54, 1.807) is 7.11 Å². The fourth-order valence-electron chi connectivity index (χ4n) is 5.42. The quantitative estimate of drug-likeness (QED) is 0.413. The van der Waals surface area contributed by atoms with Gasteiger partial charge in [-0.2, -0.15) is 0 Å². The number of tetrazole rings is 1. The standard InChI is InChI=1S/C27H31N7O3/c1-36-21-10-9-19-16-23(27(35)28-24(19)17-21)25(26-29-30-31-34(26)18-22-8-5-15-37-22)33-13-11-32(12-14-33)20-6-3-2-4-7-20/h2-4,6-7,9-10,16-17,22,25H,5,8,11-15,18H2,1H3,(H,28,35). The van der Waals surface area contributed by atoms with Gasteiger partial charge in [-0.25, -0.2) is 4.68 Å². The largest absolute Gasteiger partial charge is 0.497 e. The van der Waals surface area contributed by atoms with Crippen molar-refractivity contribution in [3.63, 3.8) is 0 Å². The maximum absolute atomic E-state index is 13.5. The number of hydrogen-bond acceptors (Lipinski definition) is 8. The highest BCUT2D eigenvalue weighted by molar-refractivity contribution is 5.80. The van der Waals surface area contributed by atoms with Crippen molar-refractivity contribution in [2.24, 2.45) is 0 Å². The molecule has 0 saturated carbocycles. The topological polar surface area (TPSA) is 101 Å². The lowest BCUT2D eigenvalue weighted by Crippen LogP contribution is -2.49. The Bertz CT molecular complexity index is 1410. The third-order valence-electron chi connectivity index (χ3n) is 7.38. The summed E-state index contributed by atoms with van der Waals surface area (Å²) in [6.07, 6.45) is 2.11. The average Bonchev–Trinajstić information content (AvgIpc) is 3.63. The number of nitrogens with zero attached hydrogens (tertiary/aromatic N) is 6. The van der Waals surface area contributed by atoms with E-state index in [-0.39, 0.29) is 17.7 Å². The monoisotopic (exact) mass is 501 g/mol. The molecule has 2 aromatic carbocycles. The Labute approximate surface area is 214 Å². The highest BCUT2D eigenvalue weighted by atomic mass is 16.5. The first-order valence-corrected chi connectivity index (χ1v) is 12.8. The van der Waals surface area contributed by atoms with Gasteiger partial charge in [0.2, 0.25) is 0 Å². The fraction of sp³-hybridized carbons (Fsp3) is 0.407. The molecule has 2 unspecified atom stereocenters. The SMILES string of the molecule is COc1ccc2cc(C(c3nnnn3CC3CCCO3)N3CCN(c4ccccc4)CC3)c(=O)[nH]c2c1. The van der Waals surface area contributed by atoms with Crippen LogP contribution in [0.5, 0.6) is 5.75 Å². The number of methoxy groups -OCH3 is 1. The van der Waals surface area contributed by atoms with Gasteiger partial charge in [0.15, 0.2) is 5.82 Å². The Morgan fingerprint density at radius 1 is 1.11 bits per heavy atom. The maximum Gasteiger partial charge on any atom is 0.253 e. The minimum Gasteiger partial charge on any atom is -0.497 e. The molecule has 10 heteroatoms. The zero-order chi connectivity index (χ0) is 25.2. The Hall–Kier alpha value is -3.76. The number of H-pyrrole nitrogens is 1. The maximum atomic E-state index is 13.5. The van der Waals surface area contributed by atoms with E-state index in [0.29, 0.717) is 23.7 Å². The summed E-state index contributed by atoms with van der Waals surface area (Å²) in [6, 6.07) is 17.7. The minimum atomic E-state index is -0.385. The van der Waals surface area contributed by atoms with E-state index in [2.05, 4.69) is 54.6 Å². The van der Waals surface area contributed by atoms with Crippen molar-refractivity contribution in [3.8, 4) is 5.75 Å². The van der Waals surface area contributed by atoms with Crippen molar-refractivity contribution in [1.29, 1.82) is 0 Å². The van der Waals surface area contributed by atoms with Crippen LogP contribution in [0.1, 0.15) is 30.3 Å². The predicted octanol–water partition coefficient (Wildman–Crippen LogP) is 2.61. The van der Waals surface area contributed by atoms with Crippen LogP contribution in [0.4, 0.5) is 5.69 Å². The molecule has 2 saturated heterocycles. The second-order valence-electron chi connectivity index (χ2n) is 9.62. The predicted molar refractivity (Wildman–Crippen MR) is 140 cm³/mol. The number of ether oxygens (including phenoxy) is 2. The second-order valence-corrected chi connectivity index (χ2v) is 9.62. The molecule has 4 heterocycles. The lowest BCUT2D eigenvalue weighted by Gasteiger charge is -2.39. The summed E-state index contributed by atoms with van der Waals surface area (Å²) in [5, 5.41) is 13.7. The van der Waals surface area contributed by atoms with Crippen molar-refractivity contribution >= 4 is 16.6 Å². The summed E-state index contributed by atoms with van der Waals surface area (Å²) in [5.41, 5.74) is 2.43. The van der Waals surface area contributed by atoms with Crippen LogP contribution < -0.4 is 15.2 Å². The summed E-state index contributed by atoms with van der Waals surface area (Å²) < 4.78 is 13.0. The van der Waals surface area contributed by atoms with E-state index in [9.17, 15) is 4.79 Å². The molecule has 4 aromatic rings. The summed E-state index contributed by atoms with van der Waals surface area (Å²) >= 11 is 0. The van der Waals surface area contributed by atoms with Crippen LogP contribution in [0.2, 0.25) is 0 Å². The smallest absolute Gasteiger partial charge is 0.253 e. The molecule has 1 N–H and O–H groups in total. The minimum absolute atomic E-state index is 0.0835. The van der Waals surface area contributed by atoms with Gasteiger partial charge in [-0.05, 0) is 59.0 Å². The van der Waals surface area contributed by atoms with Crippen LogP contribution in [0.25, 0.3) is 10.9 Å². The van der Waals surface area contributed by atoms with Gasteiger partial charge in [0.1, 0.15) is 11.8 Å². The zero-order valence-corrected chi connectivity index (χ0v) is 20.9. The third-order valence-corrected chi connectivity index (χ3v) is 7.38. The molecule has 2 aliphatic heterocycles. The number of piperazine rings is 1. The van der Waals surface area contributed by atoms with E-state index < -0.39 is 0 Å². The molecule has 2 fully saturated rings. The number of anilines is 1. The van der Waals surface area contributed by atoms with Crippen LogP contribution >= 0.6 is 0 Å². The number of hydrogen-bond donors (Lipinski definition) is 1. The van der Waals surface area contributed by atoms with Crippen LogP contribution in [0.3, 0.4) is 0 Å². The molecule has 0 spiro atoms. The molecule has 0 amide bonds. The Morgan fingerprint density at radius 2 is 1.95 bits per heavy atom. The summed E-state index contributed by atoms with van der Waals surface area (Å²) in [5.74, 6) is 1.37. The van der Waals surface area contributed by atoms with Crippen LogP contribution in [0.15, 0.2) is 59.4 Å². The van der Waals surface area contributed by atoms with E-state index in [0.717, 1.165) is 56.5 Å². The fourth-order valence-corrected chi connectivity index (χ4v) is 5.42. The number of aromatic amines is 1. The zero-order valence-electron chi connectivity index (χ0n) is 20.9.